The number of ether oxygens (including phenoxy) is 1. The van der Waals surface area contributed by atoms with E-state index in [4.69, 9.17) is 16.2 Å². The fourth-order valence-electron chi connectivity index (χ4n) is 9.94. The first kappa shape index (κ1) is 58.6. The van der Waals surface area contributed by atoms with Crippen molar-refractivity contribution in [1.82, 2.24) is 25.0 Å². The van der Waals surface area contributed by atoms with E-state index >= 15 is 0 Å². The average Bonchev–Trinajstić information content (AvgIpc) is 3.71. The van der Waals surface area contributed by atoms with Gasteiger partial charge in [-0.25, -0.2) is 9.79 Å². The summed E-state index contributed by atoms with van der Waals surface area (Å²) in [6.45, 7) is 6.69. The van der Waals surface area contributed by atoms with Gasteiger partial charge in [0.25, 0.3) is 17.7 Å². The van der Waals surface area contributed by atoms with Crippen molar-refractivity contribution < 1.29 is 43.1 Å². The van der Waals surface area contributed by atoms with Crippen LogP contribution in [-0.4, -0.2) is 111 Å². The van der Waals surface area contributed by atoms with Gasteiger partial charge in [-0.05, 0) is 104 Å². The molecule has 3 aliphatic rings. The minimum atomic E-state index is -0.802. The summed E-state index contributed by atoms with van der Waals surface area (Å²) in [5.41, 5.74) is 18.5. The number of carbonyl (C=O) groups is 8. The monoisotopic (exact) mass is 1080 g/mol. The zero-order valence-electron chi connectivity index (χ0n) is 45.4. The molecule has 79 heavy (non-hydrogen) atoms. The number of imide groups is 1. The number of aliphatic imine (C=N–C) groups is 1. The SMILES string of the molecule is CCCN(CCC)C(=O)C1=Cc2ccc(C(=O)Nc3cnc4c(c3)CN(C(=O)OCc3ccc(CC(=O)[C@H](CCCCN)NC(=O)[C@@H](CC(=O)CCCCCN5C(=O)C=CC5=O)Cc5ccccc5)cc3)CC4)cc2N=C(N)C1. The number of carbonyl (C=O) groups excluding carboxylic acids is 8. The number of fused-ring (bicyclic) bond motifs is 2. The van der Waals surface area contributed by atoms with Gasteiger partial charge in [0, 0.05) is 98.7 Å². The van der Waals surface area contributed by atoms with Crippen LogP contribution in [0.2, 0.25) is 0 Å². The van der Waals surface area contributed by atoms with Crippen LogP contribution in [0.1, 0.15) is 128 Å². The standard InChI is InChI=1S/C61H73N9O9/c1-3-27-68(28-4-2)60(77)47-33-44-21-22-45(36-53(44)66-55(63)37-47)58(75)65-49-34-48-39-69(30-25-51(48)64-38-49)61(78)79-40-43-19-17-42(18-20-43)32-54(72)52(16-10-11-26-62)67-59(76)46(31-41-13-7-5-8-14-41)35-50(71)15-9-6-12-29-70-56(73)23-24-57(70)74/h5,7-8,13-14,17-24,33-34,36,38,46,52H,3-4,6,9-12,15-16,25-32,35,37,39-40,62H2,1-2H3,(H2,63,66)(H,65,75)(H,67,76)/t46-,52+/m1/s1. The zero-order valence-corrected chi connectivity index (χ0v) is 45.4. The van der Waals surface area contributed by atoms with Gasteiger partial charge in [0.05, 0.1) is 30.2 Å². The number of anilines is 1. The second-order valence-corrected chi connectivity index (χ2v) is 20.4. The number of hydrogen-bond acceptors (Lipinski definition) is 13. The quantitative estimate of drug-likeness (QED) is 0.0319. The van der Waals surface area contributed by atoms with Crippen LogP contribution < -0.4 is 22.1 Å². The largest absolute Gasteiger partial charge is 0.445 e. The normalized spacial score (nSPS) is 14.5. The molecule has 0 radical (unpaired) electrons. The van der Waals surface area contributed by atoms with E-state index in [9.17, 15) is 38.4 Å². The molecule has 0 saturated carbocycles. The molecule has 18 nitrogen and oxygen atoms in total. The molecule has 3 aromatic carbocycles. The van der Waals surface area contributed by atoms with E-state index < -0.39 is 24.0 Å². The van der Waals surface area contributed by atoms with E-state index in [1.165, 1.54) is 17.1 Å². The molecule has 0 saturated heterocycles. The Kier molecular flexibility index (Phi) is 21.5. The van der Waals surface area contributed by atoms with Gasteiger partial charge >= 0.3 is 6.09 Å². The smallest absolute Gasteiger partial charge is 0.410 e. The highest BCUT2D eigenvalue weighted by Gasteiger charge is 2.29. The summed E-state index contributed by atoms with van der Waals surface area (Å²) >= 11 is 0. The first-order valence-electron chi connectivity index (χ1n) is 27.6. The lowest BCUT2D eigenvalue weighted by Crippen LogP contribution is -2.45. The van der Waals surface area contributed by atoms with Crippen molar-refractivity contribution >= 4 is 70.5 Å². The molecule has 18 heteroatoms. The van der Waals surface area contributed by atoms with Gasteiger partial charge in [0.2, 0.25) is 11.8 Å². The molecule has 4 aromatic rings. The Morgan fingerprint density at radius 1 is 0.835 bits per heavy atom. The second kappa shape index (κ2) is 29.0. The number of nitrogens with one attached hydrogen (secondary N) is 2. The van der Waals surface area contributed by atoms with Gasteiger partial charge in [-0.15, -0.1) is 0 Å². The number of Topliss-reactive ketones (excluding diaryl/α,β-unsaturated/α-hetero) is 2. The molecular weight excluding hydrogens is 1000 g/mol. The zero-order chi connectivity index (χ0) is 56.3. The van der Waals surface area contributed by atoms with Crippen molar-refractivity contribution in [2.24, 2.45) is 22.4 Å². The van der Waals surface area contributed by atoms with Crippen molar-refractivity contribution in [2.45, 2.75) is 123 Å². The van der Waals surface area contributed by atoms with Crippen molar-refractivity contribution in [1.29, 1.82) is 0 Å². The molecule has 6 N–H and O–H groups in total. The summed E-state index contributed by atoms with van der Waals surface area (Å²) < 4.78 is 5.74. The molecular formula is C61H73N9O9. The fraction of sp³-hybridized carbons (Fsp3) is 0.410. The van der Waals surface area contributed by atoms with Crippen LogP contribution in [0, 0.1) is 5.92 Å². The van der Waals surface area contributed by atoms with Crippen molar-refractivity contribution in [3.05, 3.63) is 142 Å². The van der Waals surface area contributed by atoms with Gasteiger partial charge in [-0.1, -0.05) is 80.9 Å². The molecule has 416 valence electrons. The second-order valence-electron chi connectivity index (χ2n) is 20.4. The number of rotatable bonds is 28. The van der Waals surface area contributed by atoms with Crippen LogP contribution in [-0.2, 0) is 65.9 Å². The number of hydrogen-bond donors (Lipinski definition) is 4. The van der Waals surface area contributed by atoms with Crippen molar-refractivity contribution in [3.63, 3.8) is 0 Å². The Morgan fingerprint density at radius 3 is 2.29 bits per heavy atom. The Bertz CT molecular complexity index is 2930. The maximum absolute atomic E-state index is 14.0. The lowest BCUT2D eigenvalue weighted by molar-refractivity contribution is -0.137. The number of nitrogens with two attached hydrogens (primary N) is 2. The van der Waals surface area contributed by atoms with E-state index in [1.54, 1.807) is 65.7 Å². The Labute approximate surface area is 462 Å². The maximum atomic E-state index is 14.0. The highest BCUT2D eigenvalue weighted by atomic mass is 16.6. The highest BCUT2D eigenvalue weighted by molar-refractivity contribution is 6.13. The third kappa shape index (κ3) is 16.9. The molecule has 0 bridgehead atoms. The number of ketones is 2. The molecule has 6 amide bonds. The Balaban J connectivity index is 0.900. The number of aromatic nitrogens is 1. The molecule has 0 fully saturated rings. The van der Waals surface area contributed by atoms with Crippen LogP contribution in [0.5, 0.6) is 0 Å². The van der Waals surface area contributed by atoms with Gasteiger partial charge in [0.15, 0.2) is 5.78 Å². The molecule has 0 aliphatic carbocycles. The van der Waals surface area contributed by atoms with E-state index in [1.807, 2.05) is 49.1 Å². The fourth-order valence-corrected chi connectivity index (χ4v) is 9.94. The summed E-state index contributed by atoms with van der Waals surface area (Å²) in [5, 5.41) is 5.92. The number of pyridine rings is 1. The maximum Gasteiger partial charge on any atom is 0.410 e. The number of amides is 6. The average molecular weight is 1080 g/mol. The van der Waals surface area contributed by atoms with E-state index in [0.717, 1.165) is 29.7 Å². The molecule has 0 spiro atoms. The van der Waals surface area contributed by atoms with Gasteiger partial charge in [0.1, 0.15) is 18.2 Å². The van der Waals surface area contributed by atoms with Crippen molar-refractivity contribution in [3.8, 4) is 0 Å². The minimum absolute atomic E-state index is 0.00114. The summed E-state index contributed by atoms with van der Waals surface area (Å²) in [4.78, 5) is 119. The van der Waals surface area contributed by atoms with E-state index in [-0.39, 0.29) is 86.4 Å². The summed E-state index contributed by atoms with van der Waals surface area (Å²) in [6.07, 6.45) is 11.8. The first-order valence-corrected chi connectivity index (χ1v) is 27.6. The minimum Gasteiger partial charge on any atom is -0.445 e. The number of unbranched alkanes of at least 4 members (excludes halogenated alkanes) is 3. The third-order valence-corrected chi connectivity index (χ3v) is 14.2. The van der Waals surface area contributed by atoms with Crippen molar-refractivity contribution in [2.75, 3.05) is 38.0 Å². The van der Waals surface area contributed by atoms with Crippen LogP contribution in [0.25, 0.3) is 6.08 Å². The molecule has 2 atom stereocenters. The summed E-state index contributed by atoms with van der Waals surface area (Å²) in [7, 11) is 0. The third-order valence-electron chi connectivity index (χ3n) is 14.2. The first-order chi connectivity index (χ1) is 38.2. The van der Waals surface area contributed by atoms with Crippen LogP contribution in [0.15, 0.2) is 108 Å². The highest BCUT2D eigenvalue weighted by Crippen LogP contribution is 2.30. The van der Waals surface area contributed by atoms with Crippen LogP contribution in [0.3, 0.4) is 0 Å². The van der Waals surface area contributed by atoms with Gasteiger partial charge in [-0.2, -0.15) is 0 Å². The number of benzene rings is 3. The molecule has 7 rings (SSSR count). The Hall–Kier alpha value is -8.12. The van der Waals surface area contributed by atoms with Crippen LogP contribution >= 0.6 is 0 Å². The van der Waals surface area contributed by atoms with Crippen LogP contribution in [0.4, 0.5) is 16.2 Å². The summed E-state index contributed by atoms with van der Waals surface area (Å²) in [5.74, 6) is -2.18. The lowest BCUT2D eigenvalue weighted by atomic mass is 9.91. The molecule has 1 aromatic heterocycles. The number of amidine groups is 1. The predicted octanol–water partition coefficient (Wildman–Crippen LogP) is 7.48. The Morgan fingerprint density at radius 2 is 1.57 bits per heavy atom. The molecule has 3 aliphatic heterocycles. The topological polar surface area (TPSA) is 257 Å². The predicted molar refractivity (Wildman–Crippen MR) is 302 cm³/mol. The van der Waals surface area contributed by atoms with E-state index in [0.29, 0.717) is 117 Å². The molecule has 4 heterocycles. The van der Waals surface area contributed by atoms with E-state index in [2.05, 4.69) is 20.6 Å². The van der Waals surface area contributed by atoms with Gasteiger partial charge < -0.3 is 36.6 Å². The lowest BCUT2D eigenvalue weighted by Gasteiger charge is -2.28. The van der Waals surface area contributed by atoms with Gasteiger partial charge in [-0.3, -0.25) is 43.4 Å². The molecule has 0 unspecified atom stereocenters. The summed E-state index contributed by atoms with van der Waals surface area (Å²) in [6, 6.07) is 22.7. The number of nitrogens with zero attached hydrogens (tertiary/aromatic N) is 5.